The molecule has 0 amide bonds. The molecule has 0 bridgehead atoms. The standard InChI is InChI=1S/C30H22N2O2.C28H18N2O2.C17H11NO2/c1-19-3-15-27-25(17-19)31-29(33-27)23-11-7-21(8-12-23)5-6-22-9-13-24(14-10-22)30-32-26-18-20(2)4-16-28(26)34-30;1-3-7-25-23(5-1)29-27(31-25)21-15-11-19(12-16-21)9-10-20-13-17-22(18-14-20)28-30-24-6-2-4-8-26(24)32-28;1-3-7-15-12(5-1)11-13(19-15)9-10-17-18-14-6-2-4-8-16(14)20-17/h3-18H,1-2H3;1-18H;1-11H. The Morgan fingerprint density at radius 1 is 0.256 bits per heavy atom. The van der Waals surface area contributed by atoms with Crippen LogP contribution in [0, 0.1) is 13.8 Å². The van der Waals surface area contributed by atoms with Crippen LogP contribution >= 0.6 is 0 Å². The van der Waals surface area contributed by atoms with Crippen LogP contribution in [0.5, 0.6) is 0 Å². The van der Waals surface area contributed by atoms with Crippen molar-refractivity contribution in [2.45, 2.75) is 13.8 Å². The maximum Gasteiger partial charge on any atom is 0.227 e. The summed E-state index contributed by atoms with van der Waals surface area (Å²) in [5.41, 5.74) is 19.8. The third-order valence-corrected chi connectivity index (χ3v) is 14.4. The number of hydrogen-bond donors (Lipinski definition) is 0. The van der Waals surface area contributed by atoms with Gasteiger partial charge >= 0.3 is 0 Å². The minimum atomic E-state index is 0.576. The summed E-state index contributed by atoms with van der Waals surface area (Å²) in [4.78, 5) is 22.7. The van der Waals surface area contributed by atoms with Gasteiger partial charge in [0.1, 0.15) is 38.9 Å². The van der Waals surface area contributed by atoms with Crippen molar-refractivity contribution < 1.29 is 26.5 Å². The first-order valence-electron chi connectivity index (χ1n) is 28.1. The largest absolute Gasteiger partial charge is 0.457 e. The normalized spacial score (nSPS) is 11.7. The van der Waals surface area contributed by atoms with E-state index in [0.29, 0.717) is 29.5 Å². The van der Waals surface area contributed by atoms with E-state index >= 15 is 0 Å². The average molecular weight is 1120 g/mol. The van der Waals surface area contributed by atoms with Crippen molar-refractivity contribution in [1.29, 1.82) is 0 Å². The van der Waals surface area contributed by atoms with Crippen LogP contribution in [0.3, 0.4) is 0 Å². The molecular formula is C75H51N5O6. The SMILES string of the molecule is C(=Cc1ccc(-c2nc3ccccc3o2)cc1)c1ccc(-c2nc3ccccc3o2)cc1.C(=Cc1nc2ccccc2o1)c1cc2ccccc2o1.Cc1ccc2oc(-c3ccc(C=Cc4ccc(-c5nc6cc(C)ccc6o5)cc4)cc3)nc2c1. The van der Waals surface area contributed by atoms with E-state index in [0.717, 1.165) is 117 Å². The molecule has 6 aromatic heterocycles. The molecule has 11 heteroatoms. The molecule has 0 fully saturated rings. The summed E-state index contributed by atoms with van der Waals surface area (Å²) in [5, 5.41) is 1.09. The van der Waals surface area contributed by atoms with E-state index in [9.17, 15) is 0 Å². The Labute approximate surface area is 493 Å². The van der Waals surface area contributed by atoms with Gasteiger partial charge in [-0.15, -0.1) is 0 Å². The van der Waals surface area contributed by atoms with Gasteiger partial charge < -0.3 is 26.5 Å². The third-order valence-electron chi connectivity index (χ3n) is 14.4. The zero-order chi connectivity index (χ0) is 57.8. The number of furan rings is 1. The van der Waals surface area contributed by atoms with Gasteiger partial charge in [-0.25, -0.2) is 24.9 Å². The van der Waals surface area contributed by atoms with Crippen LogP contribution in [0.4, 0.5) is 0 Å². The molecule has 16 rings (SSSR count). The van der Waals surface area contributed by atoms with Crippen LogP contribution in [0.2, 0.25) is 0 Å². The first kappa shape index (κ1) is 52.4. The molecule has 0 unspecified atom stereocenters. The van der Waals surface area contributed by atoms with Gasteiger partial charge in [-0.1, -0.05) is 140 Å². The number of fused-ring (bicyclic) bond motifs is 6. The summed E-state index contributed by atoms with van der Waals surface area (Å²) >= 11 is 0. The van der Waals surface area contributed by atoms with E-state index in [1.807, 2.05) is 200 Å². The zero-order valence-electron chi connectivity index (χ0n) is 46.7. The van der Waals surface area contributed by atoms with E-state index in [2.05, 4.69) is 112 Å². The third kappa shape index (κ3) is 11.7. The predicted molar refractivity (Wildman–Crippen MR) is 344 cm³/mol. The highest BCUT2D eigenvalue weighted by Crippen LogP contribution is 2.30. The summed E-state index contributed by atoms with van der Waals surface area (Å²) < 4.78 is 34.8. The number of nitrogens with zero attached hydrogens (tertiary/aromatic N) is 5. The molecule has 11 nitrogen and oxygen atoms in total. The summed E-state index contributed by atoms with van der Waals surface area (Å²) in [6.45, 7) is 4.11. The fraction of sp³-hybridized carbons (Fsp3) is 0.0267. The van der Waals surface area contributed by atoms with Crippen molar-refractivity contribution >= 4 is 103 Å². The van der Waals surface area contributed by atoms with Crippen LogP contribution in [0.25, 0.3) is 149 Å². The van der Waals surface area contributed by atoms with Gasteiger partial charge in [0.2, 0.25) is 29.5 Å². The van der Waals surface area contributed by atoms with Crippen molar-refractivity contribution in [2.24, 2.45) is 0 Å². The molecule has 0 spiro atoms. The molecule has 412 valence electrons. The van der Waals surface area contributed by atoms with Gasteiger partial charge in [-0.2, -0.15) is 0 Å². The number of oxazole rings is 5. The van der Waals surface area contributed by atoms with Crippen molar-refractivity contribution in [3.8, 4) is 45.8 Å². The molecule has 0 aliphatic heterocycles. The summed E-state index contributed by atoms with van der Waals surface area (Å²) in [6.07, 6.45) is 12.0. The molecule has 16 aromatic rings. The number of hydrogen-bond acceptors (Lipinski definition) is 11. The Morgan fingerprint density at radius 2 is 0.593 bits per heavy atom. The fourth-order valence-corrected chi connectivity index (χ4v) is 9.84. The second-order valence-corrected chi connectivity index (χ2v) is 20.6. The summed E-state index contributed by atoms with van der Waals surface area (Å²) in [5.74, 6) is 3.91. The molecule has 6 heterocycles. The van der Waals surface area contributed by atoms with Gasteiger partial charge in [0.05, 0.1) is 0 Å². The number of aryl methyl sites for hydroxylation is 2. The van der Waals surface area contributed by atoms with Gasteiger partial charge in [-0.05, 0) is 175 Å². The summed E-state index contributed by atoms with van der Waals surface area (Å²) in [7, 11) is 0. The van der Waals surface area contributed by atoms with Crippen LogP contribution < -0.4 is 0 Å². The Morgan fingerprint density at radius 3 is 0.977 bits per heavy atom. The number of aromatic nitrogens is 5. The van der Waals surface area contributed by atoms with Crippen molar-refractivity contribution in [2.75, 3.05) is 0 Å². The molecule has 0 saturated carbocycles. The lowest BCUT2D eigenvalue weighted by Gasteiger charge is -1.99. The van der Waals surface area contributed by atoms with E-state index in [-0.39, 0.29) is 0 Å². The molecule has 0 aliphatic carbocycles. The zero-order valence-corrected chi connectivity index (χ0v) is 46.7. The maximum absolute atomic E-state index is 5.91. The van der Waals surface area contributed by atoms with Crippen LogP contribution in [-0.4, -0.2) is 24.9 Å². The Bertz CT molecular complexity index is 4680. The highest BCUT2D eigenvalue weighted by atomic mass is 16.4. The smallest absolute Gasteiger partial charge is 0.227 e. The lowest BCUT2D eigenvalue weighted by Crippen LogP contribution is -1.80. The van der Waals surface area contributed by atoms with Crippen molar-refractivity contribution in [3.63, 3.8) is 0 Å². The Balaban J connectivity index is 0.000000118. The molecule has 0 N–H and O–H groups in total. The molecule has 0 saturated heterocycles. The highest BCUT2D eigenvalue weighted by molar-refractivity contribution is 5.84. The lowest BCUT2D eigenvalue weighted by molar-refractivity contribution is 0.588. The first-order chi connectivity index (χ1) is 42.3. The predicted octanol–water partition coefficient (Wildman–Crippen LogP) is 20.3. The number of benzene rings is 10. The quantitative estimate of drug-likeness (QED) is 0.121. The average Bonchev–Trinajstić information content (AvgIpc) is 3.95. The van der Waals surface area contributed by atoms with Crippen LogP contribution in [0.15, 0.2) is 263 Å². The highest BCUT2D eigenvalue weighted by Gasteiger charge is 2.12. The lowest BCUT2D eigenvalue weighted by atomic mass is 10.1. The van der Waals surface area contributed by atoms with Crippen molar-refractivity contribution in [1.82, 2.24) is 24.9 Å². The fourth-order valence-electron chi connectivity index (χ4n) is 9.84. The Hall–Kier alpha value is -11.7. The second-order valence-electron chi connectivity index (χ2n) is 20.6. The monoisotopic (exact) mass is 1120 g/mol. The molecule has 86 heavy (non-hydrogen) atoms. The molecular weight excluding hydrogens is 1070 g/mol. The van der Waals surface area contributed by atoms with Crippen LogP contribution in [0.1, 0.15) is 45.0 Å². The minimum Gasteiger partial charge on any atom is -0.457 e. The topological polar surface area (TPSA) is 143 Å². The Kier molecular flexibility index (Phi) is 14.2. The van der Waals surface area contributed by atoms with Gasteiger partial charge in [0.15, 0.2) is 27.9 Å². The van der Waals surface area contributed by atoms with Crippen LogP contribution in [-0.2, 0) is 0 Å². The van der Waals surface area contributed by atoms with Crippen molar-refractivity contribution in [3.05, 3.63) is 282 Å². The molecule has 0 radical (unpaired) electrons. The van der Waals surface area contributed by atoms with E-state index in [1.165, 1.54) is 11.1 Å². The minimum absolute atomic E-state index is 0.576. The first-order valence-corrected chi connectivity index (χ1v) is 28.1. The van der Waals surface area contributed by atoms with Gasteiger partial charge in [-0.3, -0.25) is 0 Å². The van der Waals surface area contributed by atoms with Gasteiger partial charge in [0.25, 0.3) is 0 Å². The summed E-state index contributed by atoms with van der Waals surface area (Å²) in [6, 6.07) is 78.1. The molecule has 10 aromatic carbocycles. The maximum atomic E-state index is 5.91. The van der Waals surface area contributed by atoms with E-state index in [1.54, 1.807) is 0 Å². The van der Waals surface area contributed by atoms with E-state index < -0.39 is 0 Å². The van der Waals surface area contributed by atoms with Gasteiger partial charge in [0, 0.05) is 33.7 Å². The van der Waals surface area contributed by atoms with E-state index in [4.69, 9.17) is 26.5 Å². The molecule has 0 aliphatic rings. The second kappa shape index (κ2) is 23.3. The number of rotatable bonds is 10. The molecule has 0 atom stereocenters. The number of para-hydroxylation sites is 7.